The third kappa shape index (κ3) is 4.76. The highest BCUT2D eigenvalue weighted by atomic mass is 79.9. The number of pyridine rings is 1. The summed E-state index contributed by atoms with van der Waals surface area (Å²) in [5.74, 6) is -0.875. The average molecular weight is 433 g/mol. The van der Waals surface area contributed by atoms with Crippen molar-refractivity contribution in [3.05, 3.63) is 66.8 Å². The van der Waals surface area contributed by atoms with Crippen LogP contribution >= 0.6 is 27.5 Å². The highest BCUT2D eigenvalue weighted by Crippen LogP contribution is 2.24. The molecule has 0 atom stereocenters. The van der Waals surface area contributed by atoms with Crippen molar-refractivity contribution in [2.24, 2.45) is 7.05 Å². The third-order valence-electron chi connectivity index (χ3n) is 3.57. The first kappa shape index (κ1) is 19.8. The van der Waals surface area contributed by atoms with Gasteiger partial charge in [-0.25, -0.2) is 4.39 Å². The van der Waals surface area contributed by atoms with E-state index in [1.807, 2.05) is 0 Å². The average Bonchev–Trinajstić information content (AvgIpc) is 2.57. The van der Waals surface area contributed by atoms with Gasteiger partial charge in [0.05, 0.1) is 13.2 Å². The summed E-state index contributed by atoms with van der Waals surface area (Å²) in [7, 11) is 1.48. The highest BCUT2D eigenvalue weighted by Gasteiger charge is 2.20. The molecule has 0 unspecified atom stereocenters. The summed E-state index contributed by atoms with van der Waals surface area (Å²) in [6.07, 6.45) is 1.36. The number of halogens is 3. The molecule has 0 amide bonds. The Balaban J connectivity index is 2.45. The molecule has 2 aromatic rings. The third-order valence-corrected chi connectivity index (χ3v) is 4.46. The molecule has 8 heteroatoms. The first-order valence-corrected chi connectivity index (χ1v) is 8.56. The van der Waals surface area contributed by atoms with Crippen molar-refractivity contribution in [1.29, 1.82) is 0 Å². The number of hydrogen-bond donors (Lipinski definition) is 1. The Hall–Kier alpha value is -1.54. The zero-order valence-electron chi connectivity index (χ0n) is 13.4. The van der Waals surface area contributed by atoms with E-state index in [1.165, 1.54) is 23.9 Å². The minimum Gasteiger partial charge on any atom is -0.394 e. The van der Waals surface area contributed by atoms with E-state index in [4.69, 9.17) is 21.4 Å². The van der Waals surface area contributed by atoms with Crippen LogP contribution in [0.3, 0.4) is 0 Å². The predicted octanol–water partition coefficient (Wildman–Crippen LogP) is 2.72. The number of carbonyl (C=O) groups is 1. The SMILES string of the molecule is Cn1cc(C(=O)COCCO)c(Cc2ccc(Br)cc2F)c(Cl)c1=O. The zero-order chi connectivity index (χ0) is 18.6. The fourth-order valence-corrected chi connectivity index (χ4v) is 2.94. The van der Waals surface area contributed by atoms with Gasteiger partial charge in [-0.2, -0.15) is 0 Å². The Labute approximate surface area is 157 Å². The Morgan fingerprint density at radius 1 is 1.44 bits per heavy atom. The van der Waals surface area contributed by atoms with Crippen molar-refractivity contribution in [2.75, 3.05) is 19.8 Å². The minimum absolute atomic E-state index is 0.00486. The molecular formula is C17H16BrClFNO4. The molecule has 1 aromatic heterocycles. The smallest absolute Gasteiger partial charge is 0.269 e. The predicted molar refractivity (Wildman–Crippen MR) is 95.8 cm³/mol. The molecule has 0 saturated heterocycles. The van der Waals surface area contributed by atoms with Crippen molar-refractivity contribution < 1.29 is 19.0 Å². The van der Waals surface area contributed by atoms with Crippen molar-refractivity contribution >= 4 is 33.3 Å². The lowest BCUT2D eigenvalue weighted by molar-refractivity contribution is 0.0662. The van der Waals surface area contributed by atoms with E-state index in [-0.39, 0.29) is 42.4 Å². The van der Waals surface area contributed by atoms with Crippen molar-refractivity contribution in [3.8, 4) is 0 Å². The number of ether oxygens (including phenoxy) is 1. The summed E-state index contributed by atoms with van der Waals surface area (Å²) in [6, 6.07) is 4.53. The van der Waals surface area contributed by atoms with Gasteiger partial charge < -0.3 is 14.4 Å². The number of aryl methyl sites for hydroxylation is 1. The molecule has 1 aromatic carbocycles. The second-order valence-electron chi connectivity index (χ2n) is 5.36. The van der Waals surface area contributed by atoms with Crippen LogP contribution in [0.15, 0.2) is 33.7 Å². The summed E-state index contributed by atoms with van der Waals surface area (Å²) < 4.78 is 21.0. The molecular weight excluding hydrogens is 417 g/mol. The van der Waals surface area contributed by atoms with Gasteiger partial charge in [0.2, 0.25) is 0 Å². The van der Waals surface area contributed by atoms with Gasteiger partial charge in [-0.3, -0.25) is 9.59 Å². The van der Waals surface area contributed by atoms with E-state index < -0.39 is 17.2 Å². The summed E-state index contributed by atoms with van der Waals surface area (Å²) in [4.78, 5) is 24.5. The van der Waals surface area contributed by atoms with Crippen LogP contribution in [0.25, 0.3) is 0 Å². The lowest BCUT2D eigenvalue weighted by atomic mass is 9.98. The van der Waals surface area contributed by atoms with Crippen LogP contribution in [0.2, 0.25) is 5.02 Å². The number of hydrogen-bond acceptors (Lipinski definition) is 4. The van der Waals surface area contributed by atoms with Gasteiger partial charge in [0, 0.05) is 29.7 Å². The van der Waals surface area contributed by atoms with E-state index in [0.717, 1.165) is 0 Å². The number of nitrogens with zero attached hydrogens (tertiary/aromatic N) is 1. The number of benzene rings is 1. The van der Waals surface area contributed by atoms with Gasteiger partial charge in [0.15, 0.2) is 5.78 Å². The number of aliphatic hydroxyl groups is 1. The lowest BCUT2D eigenvalue weighted by Gasteiger charge is -2.13. The quantitative estimate of drug-likeness (QED) is 0.540. The first-order chi connectivity index (χ1) is 11.8. The van der Waals surface area contributed by atoms with Crippen LogP contribution in [0.4, 0.5) is 4.39 Å². The second kappa shape index (κ2) is 8.71. The van der Waals surface area contributed by atoms with Crippen LogP contribution in [0.5, 0.6) is 0 Å². The monoisotopic (exact) mass is 431 g/mol. The molecule has 0 aliphatic heterocycles. The first-order valence-electron chi connectivity index (χ1n) is 7.39. The van der Waals surface area contributed by atoms with E-state index in [9.17, 15) is 14.0 Å². The van der Waals surface area contributed by atoms with Gasteiger partial charge in [0.25, 0.3) is 5.56 Å². The maximum absolute atomic E-state index is 14.1. The van der Waals surface area contributed by atoms with E-state index in [2.05, 4.69) is 15.9 Å². The summed E-state index contributed by atoms with van der Waals surface area (Å²) in [5.41, 5.74) is 0.279. The zero-order valence-corrected chi connectivity index (χ0v) is 15.7. The topological polar surface area (TPSA) is 68.5 Å². The summed E-state index contributed by atoms with van der Waals surface area (Å²) in [5, 5.41) is 8.60. The van der Waals surface area contributed by atoms with Crippen LogP contribution in [0.1, 0.15) is 21.5 Å². The molecule has 0 fully saturated rings. The second-order valence-corrected chi connectivity index (χ2v) is 6.66. The van der Waals surface area contributed by atoms with Crippen LogP contribution < -0.4 is 5.56 Å². The largest absolute Gasteiger partial charge is 0.394 e. The Morgan fingerprint density at radius 2 is 2.16 bits per heavy atom. The van der Waals surface area contributed by atoms with Crippen LogP contribution in [-0.2, 0) is 18.2 Å². The molecule has 134 valence electrons. The Bertz CT molecular complexity index is 853. The number of Topliss-reactive ketones (excluding diaryl/α,β-unsaturated/α-hetero) is 1. The standard InChI is InChI=1S/C17H16BrClFNO4/c1-21-8-13(15(23)9-25-5-4-22)12(16(19)17(21)24)6-10-2-3-11(18)7-14(10)20/h2-3,7-8,22H,4-6,9H2,1H3. The molecule has 1 heterocycles. The minimum atomic E-state index is -0.471. The van der Waals surface area contributed by atoms with Gasteiger partial charge in [-0.05, 0) is 23.3 Å². The number of aliphatic hydroxyl groups excluding tert-OH is 1. The van der Waals surface area contributed by atoms with Crippen molar-refractivity contribution in [2.45, 2.75) is 6.42 Å². The van der Waals surface area contributed by atoms with E-state index in [0.29, 0.717) is 10.0 Å². The molecule has 0 radical (unpaired) electrons. The van der Waals surface area contributed by atoms with Gasteiger partial charge in [-0.1, -0.05) is 33.6 Å². The molecule has 0 saturated carbocycles. The molecule has 0 aliphatic rings. The maximum atomic E-state index is 14.1. The summed E-state index contributed by atoms with van der Waals surface area (Å²) in [6.45, 7) is -0.467. The Morgan fingerprint density at radius 3 is 2.80 bits per heavy atom. The molecule has 1 N–H and O–H groups in total. The Kier molecular flexibility index (Phi) is 6.89. The maximum Gasteiger partial charge on any atom is 0.269 e. The van der Waals surface area contributed by atoms with E-state index in [1.54, 1.807) is 12.1 Å². The number of aromatic nitrogens is 1. The fraction of sp³-hybridized carbons (Fsp3) is 0.294. The highest BCUT2D eigenvalue weighted by molar-refractivity contribution is 9.10. The van der Waals surface area contributed by atoms with Crippen LogP contribution in [-0.4, -0.2) is 35.3 Å². The van der Waals surface area contributed by atoms with E-state index >= 15 is 0 Å². The number of carbonyl (C=O) groups excluding carboxylic acids is 1. The molecule has 0 bridgehead atoms. The summed E-state index contributed by atoms with van der Waals surface area (Å²) >= 11 is 9.32. The molecule has 0 spiro atoms. The molecule has 2 rings (SSSR count). The fourth-order valence-electron chi connectivity index (χ4n) is 2.31. The van der Waals surface area contributed by atoms with Crippen molar-refractivity contribution in [3.63, 3.8) is 0 Å². The molecule has 25 heavy (non-hydrogen) atoms. The lowest BCUT2D eigenvalue weighted by Crippen LogP contribution is -2.24. The van der Waals surface area contributed by atoms with Gasteiger partial charge >= 0.3 is 0 Å². The number of rotatable bonds is 7. The number of ketones is 1. The molecule has 5 nitrogen and oxygen atoms in total. The van der Waals surface area contributed by atoms with Gasteiger partial charge in [-0.15, -0.1) is 0 Å². The van der Waals surface area contributed by atoms with Crippen LogP contribution in [0, 0.1) is 5.82 Å². The molecule has 0 aliphatic carbocycles. The van der Waals surface area contributed by atoms with Gasteiger partial charge in [0.1, 0.15) is 17.4 Å². The normalized spacial score (nSPS) is 10.9. The van der Waals surface area contributed by atoms with Crippen molar-refractivity contribution in [1.82, 2.24) is 4.57 Å².